The van der Waals surface area contributed by atoms with Crippen LogP contribution in [0.5, 0.6) is 0 Å². The van der Waals surface area contributed by atoms with Gasteiger partial charge in [0.1, 0.15) is 23.9 Å². The van der Waals surface area contributed by atoms with Gasteiger partial charge in [0.05, 0.1) is 23.1 Å². The third-order valence-corrected chi connectivity index (χ3v) is 5.32. The van der Waals surface area contributed by atoms with Crippen LogP contribution in [0.15, 0.2) is 22.8 Å². The van der Waals surface area contributed by atoms with Crippen molar-refractivity contribution in [1.82, 2.24) is 14.5 Å². The summed E-state index contributed by atoms with van der Waals surface area (Å²) in [6, 6.07) is -0.567. The number of rotatable bonds is 4. The molecule has 1 aliphatic carbocycles. The second-order valence-electron chi connectivity index (χ2n) is 7.57. The number of nitrogens with zero attached hydrogens (tertiary/aromatic N) is 9. The van der Waals surface area contributed by atoms with E-state index >= 15 is 0 Å². The average molecular weight is 423 g/mol. The van der Waals surface area contributed by atoms with Crippen molar-refractivity contribution in [3.05, 3.63) is 39.0 Å². The third-order valence-electron chi connectivity index (χ3n) is 5.32. The van der Waals surface area contributed by atoms with Crippen molar-refractivity contribution >= 4 is 16.9 Å². The molecular weight excluding hydrogens is 407 g/mol. The van der Waals surface area contributed by atoms with E-state index in [9.17, 15) is 13.2 Å². The molecule has 1 aliphatic heterocycles. The first kappa shape index (κ1) is 20.2. The molecule has 0 spiro atoms. The SMILES string of the molecule is CC1(C)O[C@@H]2[C@@H](CN=[N+]=[N-])C[C@@H](n3cc(C(F)(F)F)c4c(N=[N+]=[N-])ncnc43)[C@@H]2O1. The highest BCUT2D eigenvalue weighted by Gasteiger charge is 2.55. The van der Waals surface area contributed by atoms with E-state index in [1.54, 1.807) is 13.8 Å². The van der Waals surface area contributed by atoms with Crippen LogP contribution in [0.25, 0.3) is 31.9 Å². The Labute approximate surface area is 167 Å². The van der Waals surface area contributed by atoms with Crippen molar-refractivity contribution in [2.75, 3.05) is 6.54 Å². The molecule has 0 unspecified atom stereocenters. The normalized spacial score (nSPS) is 27.5. The van der Waals surface area contributed by atoms with Gasteiger partial charge in [0.2, 0.25) is 0 Å². The van der Waals surface area contributed by atoms with E-state index in [1.165, 1.54) is 4.57 Å². The van der Waals surface area contributed by atoms with Crippen LogP contribution in [0.1, 0.15) is 31.9 Å². The molecule has 11 nitrogen and oxygen atoms in total. The first-order valence-electron chi connectivity index (χ1n) is 9.00. The molecule has 2 aromatic heterocycles. The lowest BCUT2D eigenvalue weighted by Gasteiger charge is -2.24. The highest BCUT2D eigenvalue weighted by Crippen LogP contribution is 2.49. The quantitative estimate of drug-likeness (QED) is 0.395. The summed E-state index contributed by atoms with van der Waals surface area (Å²) >= 11 is 0. The second kappa shape index (κ2) is 7.03. The lowest BCUT2D eigenvalue weighted by atomic mass is 10.1. The number of fused-ring (bicyclic) bond motifs is 2. The predicted octanol–water partition coefficient (Wildman–Crippen LogP) is 4.78. The minimum absolute atomic E-state index is 0.0267. The summed E-state index contributed by atoms with van der Waals surface area (Å²) in [7, 11) is 0. The van der Waals surface area contributed by atoms with Crippen molar-refractivity contribution in [2.24, 2.45) is 16.1 Å². The maximum absolute atomic E-state index is 13.8. The van der Waals surface area contributed by atoms with Crippen molar-refractivity contribution in [2.45, 2.75) is 50.5 Å². The molecule has 0 amide bonds. The zero-order valence-electron chi connectivity index (χ0n) is 15.9. The van der Waals surface area contributed by atoms with Gasteiger partial charge in [0.25, 0.3) is 0 Å². The van der Waals surface area contributed by atoms with Gasteiger partial charge in [-0.15, -0.1) is 0 Å². The average Bonchev–Trinajstić information content (AvgIpc) is 3.29. The van der Waals surface area contributed by atoms with E-state index in [4.69, 9.17) is 20.5 Å². The van der Waals surface area contributed by atoms with Crippen LogP contribution in [0, 0.1) is 5.92 Å². The number of hydrogen-bond donors (Lipinski definition) is 0. The minimum atomic E-state index is -4.72. The topological polar surface area (TPSA) is 147 Å². The van der Waals surface area contributed by atoms with E-state index in [0.29, 0.717) is 6.42 Å². The molecule has 14 heteroatoms. The van der Waals surface area contributed by atoms with E-state index in [0.717, 1.165) is 12.5 Å². The van der Waals surface area contributed by atoms with Gasteiger partial charge in [-0.2, -0.15) is 13.2 Å². The van der Waals surface area contributed by atoms with Crippen LogP contribution < -0.4 is 0 Å². The van der Waals surface area contributed by atoms with Gasteiger partial charge < -0.3 is 14.0 Å². The van der Waals surface area contributed by atoms with Crippen molar-refractivity contribution in [1.29, 1.82) is 0 Å². The van der Waals surface area contributed by atoms with Crippen LogP contribution in [-0.4, -0.2) is 39.1 Å². The van der Waals surface area contributed by atoms with Crippen LogP contribution in [0.4, 0.5) is 19.0 Å². The monoisotopic (exact) mass is 423 g/mol. The van der Waals surface area contributed by atoms with Gasteiger partial charge in [-0.25, -0.2) is 9.97 Å². The Morgan fingerprint density at radius 2 is 1.97 bits per heavy atom. The van der Waals surface area contributed by atoms with Gasteiger partial charge >= 0.3 is 6.18 Å². The van der Waals surface area contributed by atoms with Crippen LogP contribution in [0.3, 0.4) is 0 Å². The standard InChI is InChI=1S/C16H16F3N9O2/c1-15(2)29-11-7(4-24-26-20)3-9(12(11)30-15)28-5-8(16(17,18)19)10-13(25-27-21)22-6-23-14(10)28/h5-7,9,11-12H,3-4H2,1-2H3/t7-,9-,11-,12+/m1/s1. The number of hydrogen-bond acceptors (Lipinski definition) is 6. The van der Waals surface area contributed by atoms with E-state index in [2.05, 4.69) is 30.0 Å². The Balaban J connectivity index is 1.87. The van der Waals surface area contributed by atoms with E-state index in [-0.39, 0.29) is 23.5 Å². The molecule has 0 radical (unpaired) electrons. The minimum Gasteiger partial charge on any atom is -0.344 e. The summed E-state index contributed by atoms with van der Waals surface area (Å²) in [5, 5.41) is 6.53. The number of aromatic nitrogens is 3. The summed E-state index contributed by atoms with van der Waals surface area (Å²) in [6.45, 7) is 3.55. The maximum atomic E-state index is 13.8. The van der Waals surface area contributed by atoms with Crippen LogP contribution >= 0.6 is 0 Å². The molecule has 2 aromatic rings. The Bertz CT molecular complexity index is 1090. The van der Waals surface area contributed by atoms with Crippen LogP contribution in [0.2, 0.25) is 0 Å². The summed E-state index contributed by atoms with van der Waals surface area (Å²) in [5.41, 5.74) is 16.4. The van der Waals surface area contributed by atoms with E-state index < -0.39 is 41.6 Å². The molecule has 158 valence electrons. The van der Waals surface area contributed by atoms with Crippen molar-refractivity contribution in [3.63, 3.8) is 0 Å². The van der Waals surface area contributed by atoms with Gasteiger partial charge in [-0.3, -0.25) is 0 Å². The number of ether oxygens (including phenoxy) is 2. The lowest BCUT2D eigenvalue weighted by Crippen LogP contribution is -2.27. The Morgan fingerprint density at radius 1 is 1.23 bits per heavy atom. The summed E-state index contributed by atoms with van der Waals surface area (Å²) in [5.74, 6) is -1.59. The zero-order chi connectivity index (χ0) is 21.7. The van der Waals surface area contributed by atoms with E-state index in [1.807, 2.05) is 0 Å². The molecule has 30 heavy (non-hydrogen) atoms. The molecule has 4 atom stereocenters. The third kappa shape index (κ3) is 3.29. The molecule has 1 saturated carbocycles. The smallest absolute Gasteiger partial charge is 0.344 e. The predicted molar refractivity (Wildman–Crippen MR) is 96.3 cm³/mol. The van der Waals surface area contributed by atoms with Gasteiger partial charge in [0, 0.05) is 22.6 Å². The fourth-order valence-electron chi connectivity index (χ4n) is 4.30. The molecule has 2 aliphatic rings. The lowest BCUT2D eigenvalue weighted by molar-refractivity contribution is -0.160. The fraction of sp³-hybridized carbons (Fsp3) is 0.625. The van der Waals surface area contributed by atoms with Gasteiger partial charge in [-0.1, -0.05) is 5.11 Å². The summed E-state index contributed by atoms with van der Waals surface area (Å²) in [6.07, 6.45) is -3.42. The first-order chi connectivity index (χ1) is 14.2. The Morgan fingerprint density at radius 3 is 2.63 bits per heavy atom. The van der Waals surface area contributed by atoms with Crippen molar-refractivity contribution in [3.8, 4) is 0 Å². The van der Waals surface area contributed by atoms with Crippen LogP contribution in [-0.2, 0) is 15.7 Å². The van der Waals surface area contributed by atoms with Gasteiger partial charge in [0.15, 0.2) is 5.79 Å². The Hall–Kier alpha value is -3.05. The molecular formula is C16H16F3N9O2. The Kier molecular flexibility index (Phi) is 4.74. The molecule has 3 heterocycles. The molecule has 2 fully saturated rings. The molecule has 1 saturated heterocycles. The number of halogens is 3. The maximum Gasteiger partial charge on any atom is 0.418 e. The number of alkyl halides is 3. The molecule has 0 aromatic carbocycles. The van der Waals surface area contributed by atoms with Crippen molar-refractivity contribution < 1.29 is 22.6 Å². The second-order valence-corrected chi connectivity index (χ2v) is 7.57. The van der Waals surface area contributed by atoms with Gasteiger partial charge in [-0.05, 0) is 42.4 Å². The highest BCUT2D eigenvalue weighted by molar-refractivity contribution is 5.90. The highest BCUT2D eigenvalue weighted by atomic mass is 19.4. The molecule has 0 bridgehead atoms. The molecule has 4 rings (SSSR count). The zero-order valence-corrected chi connectivity index (χ0v) is 15.9. The molecule has 0 N–H and O–H groups in total. The first-order valence-corrected chi connectivity index (χ1v) is 9.00. The fourth-order valence-corrected chi connectivity index (χ4v) is 4.30. The largest absolute Gasteiger partial charge is 0.418 e. The number of azide groups is 2. The summed E-state index contributed by atoms with van der Waals surface area (Å²) in [4.78, 5) is 13.1. The summed E-state index contributed by atoms with van der Waals surface area (Å²) < 4.78 is 54.6.